The van der Waals surface area contributed by atoms with Gasteiger partial charge in [-0.15, -0.1) is 0 Å². The summed E-state index contributed by atoms with van der Waals surface area (Å²) in [5.74, 6) is 0.620. The minimum absolute atomic E-state index is 0.379. The van der Waals surface area contributed by atoms with E-state index in [1.165, 1.54) is 57.8 Å². The quantitative estimate of drug-likeness (QED) is 0.109. The summed E-state index contributed by atoms with van der Waals surface area (Å²) >= 11 is 0. The van der Waals surface area contributed by atoms with Gasteiger partial charge in [0.05, 0.1) is 17.2 Å². The summed E-state index contributed by atoms with van der Waals surface area (Å²) in [5.41, 5.74) is 3.94. The molecule has 0 fully saturated rings. The number of carbonyl (C=O) groups excluding carboxylic acids is 1. The highest BCUT2D eigenvalue weighted by molar-refractivity contribution is 5.91. The Morgan fingerprint density at radius 3 is 2.03 bits per heavy atom. The second-order valence-electron chi connectivity index (χ2n) is 9.99. The van der Waals surface area contributed by atoms with Gasteiger partial charge < -0.3 is 4.74 Å². The molecule has 0 aliphatic rings. The number of aryl methyl sites for hydroxylation is 2. The fraction of sp³-hybridized carbons (Fsp3) is 0.455. The van der Waals surface area contributed by atoms with Crippen molar-refractivity contribution in [3.05, 3.63) is 77.1 Å². The number of unbranched alkanes of at least 4 members (excludes halogenated alkanes) is 9. The summed E-state index contributed by atoms with van der Waals surface area (Å²) in [6.45, 7) is 4.44. The van der Waals surface area contributed by atoms with Crippen molar-refractivity contribution < 1.29 is 9.53 Å². The van der Waals surface area contributed by atoms with Gasteiger partial charge in [-0.05, 0) is 73.2 Å². The lowest BCUT2D eigenvalue weighted by molar-refractivity contribution is 0.0734. The SMILES string of the molecule is CCCCCCCCc1cnc(-c2ccc(OC(=O)c3ccc(CCCCCCC)c(C#N)c3)cc2)nc1. The molecule has 5 nitrogen and oxygen atoms in total. The zero-order valence-corrected chi connectivity index (χ0v) is 23.0. The lowest BCUT2D eigenvalue weighted by atomic mass is 9.99. The maximum absolute atomic E-state index is 12.7. The molecule has 0 bridgehead atoms. The van der Waals surface area contributed by atoms with Crippen molar-refractivity contribution in [2.24, 2.45) is 0 Å². The van der Waals surface area contributed by atoms with Crippen molar-refractivity contribution in [2.45, 2.75) is 97.3 Å². The summed E-state index contributed by atoms with van der Waals surface area (Å²) in [6, 6.07) is 14.7. The Labute approximate surface area is 228 Å². The van der Waals surface area contributed by atoms with E-state index in [1.54, 1.807) is 24.3 Å². The fourth-order valence-corrected chi connectivity index (χ4v) is 4.52. The molecule has 0 spiro atoms. The molecule has 1 heterocycles. The molecule has 0 aliphatic heterocycles. The number of ether oxygens (including phenoxy) is 1. The van der Waals surface area contributed by atoms with Gasteiger partial charge in [0.2, 0.25) is 0 Å². The third kappa shape index (κ3) is 9.41. The number of hydrogen-bond donors (Lipinski definition) is 0. The number of rotatable bonds is 16. The lowest BCUT2D eigenvalue weighted by Gasteiger charge is -2.08. The van der Waals surface area contributed by atoms with Crippen LogP contribution in [0, 0.1) is 11.3 Å². The third-order valence-electron chi connectivity index (χ3n) is 6.86. The topological polar surface area (TPSA) is 75.9 Å². The van der Waals surface area contributed by atoms with E-state index in [0.29, 0.717) is 22.7 Å². The zero-order chi connectivity index (χ0) is 27.0. The number of nitrogens with zero attached hydrogens (tertiary/aromatic N) is 3. The molecule has 38 heavy (non-hydrogen) atoms. The Morgan fingerprint density at radius 2 is 1.39 bits per heavy atom. The maximum Gasteiger partial charge on any atom is 0.343 e. The van der Waals surface area contributed by atoms with Crippen LogP contribution in [0.3, 0.4) is 0 Å². The van der Waals surface area contributed by atoms with Gasteiger partial charge >= 0.3 is 5.97 Å². The number of nitriles is 1. The molecule has 200 valence electrons. The van der Waals surface area contributed by atoms with Crippen LogP contribution >= 0.6 is 0 Å². The zero-order valence-electron chi connectivity index (χ0n) is 23.0. The number of aromatic nitrogens is 2. The monoisotopic (exact) mass is 511 g/mol. The normalized spacial score (nSPS) is 10.8. The summed E-state index contributed by atoms with van der Waals surface area (Å²) in [6.07, 6.45) is 19.2. The van der Waals surface area contributed by atoms with E-state index < -0.39 is 5.97 Å². The highest BCUT2D eigenvalue weighted by Crippen LogP contribution is 2.22. The molecule has 0 atom stereocenters. The Bertz CT molecular complexity index is 1160. The van der Waals surface area contributed by atoms with Crippen LogP contribution in [-0.2, 0) is 12.8 Å². The lowest BCUT2D eigenvalue weighted by Crippen LogP contribution is -2.09. The average Bonchev–Trinajstić information content (AvgIpc) is 2.95. The summed E-state index contributed by atoms with van der Waals surface area (Å²) in [7, 11) is 0. The maximum atomic E-state index is 12.7. The van der Waals surface area contributed by atoms with Crippen molar-refractivity contribution in [1.29, 1.82) is 5.26 Å². The molecule has 3 aromatic rings. The summed E-state index contributed by atoms with van der Waals surface area (Å²) in [5, 5.41) is 9.58. The minimum atomic E-state index is -0.473. The van der Waals surface area contributed by atoms with E-state index in [4.69, 9.17) is 4.74 Å². The summed E-state index contributed by atoms with van der Waals surface area (Å²) in [4.78, 5) is 21.8. The van der Waals surface area contributed by atoms with Gasteiger partial charge in [0.15, 0.2) is 5.82 Å². The molecule has 0 radical (unpaired) electrons. The van der Waals surface area contributed by atoms with Crippen LogP contribution in [0.25, 0.3) is 11.4 Å². The third-order valence-corrected chi connectivity index (χ3v) is 6.86. The highest BCUT2D eigenvalue weighted by Gasteiger charge is 2.13. The molecular formula is C33H41N3O2. The first-order valence-electron chi connectivity index (χ1n) is 14.3. The van der Waals surface area contributed by atoms with Crippen LogP contribution in [0.5, 0.6) is 5.75 Å². The molecule has 2 aromatic carbocycles. The molecule has 0 N–H and O–H groups in total. The van der Waals surface area contributed by atoms with Gasteiger partial charge in [-0.1, -0.05) is 77.7 Å². The molecule has 0 amide bonds. The van der Waals surface area contributed by atoms with E-state index in [1.807, 2.05) is 30.6 Å². The van der Waals surface area contributed by atoms with Crippen molar-refractivity contribution >= 4 is 5.97 Å². The van der Waals surface area contributed by atoms with Gasteiger partial charge in [0.25, 0.3) is 0 Å². The van der Waals surface area contributed by atoms with Crippen molar-refractivity contribution in [1.82, 2.24) is 9.97 Å². The van der Waals surface area contributed by atoms with Crippen LogP contribution in [0.4, 0.5) is 0 Å². The van der Waals surface area contributed by atoms with Gasteiger partial charge in [-0.3, -0.25) is 0 Å². The predicted molar refractivity (Wildman–Crippen MR) is 153 cm³/mol. The Morgan fingerprint density at radius 1 is 0.789 bits per heavy atom. The second kappa shape index (κ2) is 16.3. The molecule has 0 aliphatic carbocycles. The van der Waals surface area contributed by atoms with E-state index in [9.17, 15) is 10.1 Å². The Hall–Kier alpha value is -3.52. The Balaban J connectivity index is 1.52. The number of esters is 1. The van der Waals surface area contributed by atoms with Crippen LogP contribution in [-0.4, -0.2) is 15.9 Å². The molecular weight excluding hydrogens is 470 g/mol. The first-order chi connectivity index (χ1) is 18.6. The minimum Gasteiger partial charge on any atom is -0.423 e. The highest BCUT2D eigenvalue weighted by atomic mass is 16.5. The second-order valence-corrected chi connectivity index (χ2v) is 9.99. The number of carbonyl (C=O) groups is 1. The van der Waals surface area contributed by atoms with Crippen LogP contribution in [0.1, 0.15) is 112 Å². The van der Waals surface area contributed by atoms with Gasteiger partial charge in [0.1, 0.15) is 5.75 Å². The number of hydrogen-bond acceptors (Lipinski definition) is 5. The molecule has 3 rings (SSSR count). The fourth-order valence-electron chi connectivity index (χ4n) is 4.52. The van der Waals surface area contributed by atoms with E-state index in [-0.39, 0.29) is 0 Å². The van der Waals surface area contributed by atoms with Gasteiger partial charge in [-0.25, -0.2) is 14.8 Å². The standard InChI is InChI=1S/C33H41N3O2/c1-3-5-7-9-11-12-14-26-24-35-32(36-25-26)28-18-20-31(21-19-28)38-33(37)29-17-16-27(30(22-29)23-34)15-13-10-8-6-4-2/h16-22,24-25H,3-15H2,1-2H3. The molecule has 0 unspecified atom stereocenters. The van der Waals surface area contributed by atoms with Gasteiger partial charge in [0, 0.05) is 18.0 Å². The van der Waals surface area contributed by atoms with Gasteiger partial charge in [-0.2, -0.15) is 5.26 Å². The van der Waals surface area contributed by atoms with Crippen LogP contribution < -0.4 is 4.74 Å². The van der Waals surface area contributed by atoms with E-state index in [2.05, 4.69) is 29.9 Å². The molecule has 1 aromatic heterocycles. The van der Waals surface area contributed by atoms with Crippen molar-refractivity contribution in [3.8, 4) is 23.2 Å². The Kier molecular flexibility index (Phi) is 12.5. The van der Waals surface area contributed by atoms with E-state index >= 15 is 0 Å². The molecule has 0 saturated carbocycles. The smallest absolute Gasteiger partial charge is 0.343 e. The molecule has 5 heteroatoms. The largest absolute Gasteiger partial charge is 0.423 e. The first kappa shape index (κ1) is 29.0. The van der Waals surface area contributed by atoms with Crippen molar-refractivity contribution in [3.63, 3.8) is 0 Å². The van der Waals surface area contributed by atoms with E-state index in [0.717, 1.165) is 42.4 Å². The first-order valence-corrected chi connectivity index (χ1v) is 14.3. The van der Waals surface area contributed by atoms with Crippen LogP contribution in [0.2, 0.25) is 0 Å². The van der Waals surface area contributed by atoms with Crippen LogP contribution in [0.15, 0.2) is 54.9 Å². The summed E-state index contributed by atoms with van der Waals surface area (Å²) < 4.78 is 5.57. The molecule has 0 saturated heterocycles. The average molecular weight is 512 g/mol. The van der Waals surface area contributed by atoms with Crippen molar-refractivity contribution in [2.75, 3.05) is 0 Å². The number of benzene rings is 2. The predicted octanol–water partition coefficient (Wildman–Crippen LogP) is 8.65.